The molecule has 84 heavy (non-hydrogen) atoms. The Morgan fingerprint density at radius 1 is 0.286 bits per heavy atom. The topological polar surface area (TPSA) is 237 Å². The fourth-order valence-electron chi connectivity index (χ4n) is 9.81. The van der Waals surface area contributed by atoms with Gasteiger partial charge in [0.15, 0.2) is 12.2 Å². The van der Waals surface area contributed by atoms with Crippen LogP contribution in [0.15, 0.2) is 0 Å². The van der Waals surface area contributed by atoms with Gasteiger partial charge < -0.3 is 33.8 Å². The van der Waals surface area contributed by atoms with Gasteiger partial charge in [-0.3, -0.25) is 37.3 Å². The lowest BCUT2D eigenvalue weighted by molar-refractivity contribution is -0.161. The number of unbranched alkanes of at least 4 members (excludes halogenated alkanes) is 40. The third kappa shape index (κ3) is 59.0. The Hall–Kier alpha value is -1.94. The zero-order valence-electron chi connectivity index (χ0n) is 53.9. The Morgan fingerprint density at radius 2 is 0.476 bits per heavy atom. The molecule has 0 aliphatic rings. The Labute approximate surface area is 511 Å². The molecular formula is C65H126O17P2. The van der Waals surface area contributed by atoms with Gasteiger partial charge in [-0.15, -0.1) is 0 Å². The number of phosphoric acid groups is 2. The van der Waals surface area contributed by atoms with E-state index in [1.165, 1.54) is 154 Å². The Morgan fingerprint density at radius 3 is 0.702 bits per heavy atom. The number of hydrogen-bond acceptors (Lipinski definition) is 15. The van der Waals surface area contributed by atoms with E-state index in [4.69, 9.17) is 37.0 Å². The van der Waals surface area contributed by atoms with E-state index in [2.05, 4.69) is 27.7 Å². The molecule has 0 spiro atoms. The highest BCUT2D eigenvalue weighted by atomic mass is 31.2. The summed E-state index contributed by atoms with van der Waals surface area (Å²) in [6.45, 7) is 4.86. The van der Waals surface area contributed by atoms with Crippen molar-refractivity contribution in [2.45, 2.75) is 354 Å². The maximum absolute atomic E-state index is 13.0. The first-order chi connectivity index (χ1) is 40.7. The summed E-state index contributed by atoms with van der Waals surface area (Å²) < 4.78 is 67.9. The summed E-state index contributed by atoms with van der Waals surface area (Å²) in [5.74, 6) is -2.13. The second kappa shape index (κ2) is 60.0. The van der Waals surface area contributed by atoms with Crippen molar-refractivity contribution < 1.29 is 80.2 Å². The van der Waals surface area contributed by atoms with E-state index in [0.717, 1.165) is 103 Å². The average molecular weight is 1240 g/mol. The first-order valence-electron chi connectivity index (χ1n) is 34.3. The van der Waals surface area contributed by atoms with Gasteiger partial charge in [0.1, 0.15) is 19.3 Å². The van der Waals surface area contributed by atoms with Crippen LogP contribution in [0.5, 0.6) is 0 Å². The monoisotopic (exact) mass is 1240 g/mol. The molecule has 0 amide bonds. The fourth-order valence-corrected chi connectivity index (χ4v) is 11.4. The molecule has 0 radical (unpaired) electrons. The number of hydrogen-bond donors (Lipinski definition) is 3. The van der Waals surface area contributed by atoms with Crippen molar-refractivity contribution in [1.29, 1.82) is 0 Å². The van der Waals surface area contributed by atoms with Gasteiger partial charge in [0.05, 0.1) is 26.4 Å². The average Bonchev–Trinajstić information content (AvgIpc) is 3.58. The summed E-state index contributed by atoms with van der Waals surface area (Å²) in [5.41, 5.74) is 0. The third-order valence-electron chi connectivity index (χ3n) is 15.1. The maximum atomic E-state index is 13.0. The van der Waals surface area contributed by atoms with Gasteiger partial charge in [-0.05, 0) is 25.7 Å². The van der Waals surface area contributed by atoms with Crippen molar-refractivity contribution in [3.05, 3.63) is 0 Å². The van der Waals surface area contributed by atoms with E-state index in [9.17, 15) is 43.2 Å². The van der Waals surface area contributed by atoms with E-state index >= 15 is 0 Å². The highest BCUT2D eigenvalue weighted by Gasteiger charge is 2.30. The van der Waals surface area contributed by atoms with Gasteiger partial charge in [0, 0.05) is 25.7 Å². The lowest BCUT2D eigenvalue weighted by Gasteiger charge is -2.21. The number of aliphatic hydroxyl groups is 1. The number of rotatable bonds is 66. The smallest absolute Gasteiger partial charge is 0.462 e. The molecule has 0 saturated heterocycles. The van der Waals surface area contributed by atoms with Crippen molar-refractivity contribution in [3.8, 4) is 0 Å². The van der Waals surface area contributed by atoms with Gasteiger partial charge in [0.25, 0.3) is 0 Å². The Balaban J connectivity index is 5.20. The predicted molar refractivity (Wildman–Crippen MR) is 335 cm³/mol. The normalized spacial score (nSPS) is 14.1. The van der Waals surface area contributed by atoms with Crippen LogP contribution in [0.2, 0.25) is 0 Å². The van der Waals surface area contributed by atoms with E-state index in [-0.39, 0.29) is 25.7 Å². The SMILES string of the molecule is CCCCCCCCCCCCCCCCC(=O)OC[C@H](COP(=O)(O)OC[C@@H](O)COP(=O)(O)OC[C@@H](COC(=O)CCCCCCCCCC)OC(=O)CCCCCCCCCC)OC(=O)CCCCCCCCCCCCCCCC. The molecule has 17 nitrogen and oxygen atoms in total. The lowest BCUT2D eigenvalue weighted by Crippen LogP contribution is -2.30. The zero-order chi connectivity index (χ0) is 61.9. The molecule has 0 fully saturated rings. The van der Waals surface area contributed by atoms with Crippen LogP contribution in [0.25, 0.3) is 0 Å². The largest absolute Gasteiger partial charge is 0.472 e. The van der Waals surface area contributed by atoms with Crippen LogP contribution < -0.4 is 0 Å². The second-order valence-corrected chi connectivity index (χ2v) is 26.4. The minimum absolute atomic E-state index is 0.105. The first-order valence-corrected chi connectivity index (χ1v) is 37.3. The molecule has 5 atom stereocenters. The van der Waals surface area contributed by atoms with E-state index < -0.39 is 97.5 Å². The summed E-state index contributed by atoms with van der Waals surface area (Å²) in [7, 11) is -9.88. The summed E-state index contributed by atoms with van der Waals surface area (Å²) in [5, 5.41) is 10.5. The molecule has 0 heterocycles. The number of esters is 4. The molecule has 0 rings (SSSR count). The van der Waals surface area contributed by atoms with Crippen LogP contribution in [-0.2, 0) is 65.4 Å². The van der Waals surface area contributed by atoms with Gasteiger partial charge in [-0.25, -0.2) is 9.13 Å². The van der Waals surface area contributed by atoms with E-state index in [1.807, 2.05) is 0 Å². The third-order valence-corrected chi connectivity index (χ3v) is 17.0. The molecular weight excluding hydrogens is 1110 g/mol. The van der Waals surface area contributed by atoms with Crippen LogP contribution >= 0.6 is 15.6 Å². The van der Waals surface area contributed by atoms with Crippen LogP contribution in [0.1, 0.15) is 336 Å². The van der Waals surface area contributed by atoms with Gasteiger partial charge in [-0.1, -0.05) is 285 Å². The summed E-state index contributed by atoms with van der Waals surface area (Å²) in [4.78, 5) is 72.1. The van der Waals surface area contributed by atoms with Gasteiger partial charge >= 0.3 is 39.5 Å². The summed E-state index contributed by atoms with van der Waals surface area (Å²) in [6, 6.07) is 0. The van der Waals surface area contributed by atoms with Crippen molar-refractivity contribution in [2.75, 3.05) is 39.6 Å². The summed E-state index contributed by atoms with van der Waals surface area (Å²) >= 11 is 0. The van der Waals surface area contributed by atoms with Crippen molar-refractivity contribution in [3.63, 3.8) is 0 Å². The van der Waals surface area contributed by atoms with Crippen LogP contribution in [0.4, 0.5) is 0 Å². The van der Waals surface area contributed by atoms with Crippen molar-refractivity contribution in [1.82, 2.24) is 0 Å². The molecule has 0 aliphatic carbocycles. The molecule has 0 bridgehead atoms. The number of phosphoric ester groups is 2. The molecule has 0 aliphatic heterocycles. The minimum atomic E-state index is -4.94. The molecule has 19 heteroatoms. The van der Waals surface area contributed by atoms with Crippen LogP contribution in [0, 0.1) is 0 Å². The van der Waals surface area contributed by atoms with E-state index in [0.29, 0.717) is 25.7 Å². The number of carbonyl (C=O) groups excluding carboxylic acids is 4. The number of aliphatic hydroxyl groups excluding tert-OH is 1. The minimum Gasteiger partial charge on any atom is -0.462 e. The Bertz CT molecular complexity index is 1620. The van der Waals surface area contributed by atoms with Gasteiger partial charge in [-0.2, -0.15) is 0 Å². The molecule has 3 N–H and O–H groups in total. The highest BCUT2D eigenvalue weighted by Crippen LogP contribution is 2.45. The van der Waals surface area contributed by atoms with Gasteiger partial charge in [0.2, 0.25) is 0 Å². The maximum Gasteiger partial charge on any atom is 0.472 e. The molecule has 0 saturated carbocycles. The van der Waals surface area contributed by atoms with Crippen LogP contribution in [0.3, 0.4) is 0 Å². The quantitative estimate of drug-likeness (QED) is 0.0222. The first kappa shape index (κ1) is 82.1. The lowest BCUT2D eigenvalue weighted by atomic mass is 10.0. The van der Waals surface area contributed by atoms with Crippen molar-refractivity contribution >= 4 is 39.5 Å². The second-order valence-electron chi connectivity index (χ2n) is 23.5. The Kier molecular flexibility index (Phi) is 58.6. The predicted octanol–water partition coefficient (Wildman–Crippen LogP) is 18.3. The molecule has 0 aromatic heterocycles. The molecule has 0 aromatic rings. The molecule has 498 valence electrons. The van der Waals surface area contributed by atoms with E-state index in [1.54, 1.807) is 0 Å². The number of carbonyl (C=O) groups is 4. The van der Waals surface area contributed by atoms with Crippen LogP contribution in [-0.4, -0.2) is 96.7 Å². The fraction of sp³-hybridized carbons (Fsp3) is 0.938. The standard InChI is InChI=1S/C65H126O17P2/c1-5-9-13-17-21-25-27-29-31-33-35-39-42-46-50-63(68)76-56-61(82-65(70)52-48-44-40-36-34-32-30-28-26-22-18-14-10-6-2)58-80-84(73,74)78-54-59(66)53-77-83(71,72)79-57-60(81-64(69)51-47-43-38-24-20-16-12-8-4)55-75-62(67)49-45-41-37-23-19-15-11-7-3/h59-61,66H,5-58H2,1-4H3,(H,71,72)(H,73,74)/t59-,60+,61+/m0/s1. The highest BCUT2D eigenvalue weighted by molar-refractivity contribution is 7.47. The molecule has 2 unspecified atom stereocenters. The number of ether oxygens (including phenoxy) is 4. The summed E-state index contributed by atoms with van der Waals surface area (Å²) in [6.07, 6.45) is 45.8. The zero-order valence-corrected chi connectivity index (χ0v) is 55.7. The van der Waals surface area contributed by atoms with Crippen molar-refractivity contribution in [2.24, 2.45) is 0 Å². The molecule has 0 aromatic carbocycles.